The summed E-state index contributed by atoms with van der Waals surface area (Å²) in [6.07, 6.45) is 3.40. The van der Waals surface area contributed by atoms with E-state index in [1.54, 1.807) is 30.0 Å². The lowest BCUT2D eigenvalue weighted by atomic mass is 10.1. The predicted molar refractivity (Wildman–Crippen MR) is 96.8 cm³/mol. The van der Waals surface area contributed by atoms with E-state index in [1.165, 1.54) is 0 Å². The molecule has 0 radical (unpaired) electrons. The van der Waals surface area contributed by atoms with Crippen molar-refractivity contribution in [3.05, 3.63) is 35.7 Å². The fourth-order valence-electron chi connectivity index (χ4n) is 2.71. The number of carbonyl (C=O) groups excluding carboxylic acids is 2. The van der Waals surface area contributed by atoms with Gasteiger partial charge in [-0.15, -0.1) is 5.10 Å². The van der Waals surface area contributed by atoms with Crippen molar-refractivity contribution >= 4 is 11.8 Å². The molecule has 2 amide bonds. The van der Waals surface area contributed by atoms with Crippen LogP contribution in [-0.4, -0.2) is 53.6 Å². The molecule has 0 fully saturated rings. The number of aromatic nitrogens is 3. The first kappa shape index (κ1) is 18.7. The van der Waals surface area contributed by atoms with Crippen molar-refractivity contribution in [1.82, 2.24) is 25.6 Å². The Morgan fingerprint density at radius 3 is 2.89 bits per heavy atom. The van der Waals surface area contributed by atoms with Crippen molar-refractivity contribution in [2.24, 2.45) is 0 Å². The van der Waals surface area contributed by atoms with E-state index in [0.29, 0.717) is 62.6 Å². The summed E-state index contributed by atoms with van der Waals surface area (Å²) in [5, 5.41) is 13.7. The zero-order chi connectivity index (χ0) is 19.1. The quantitative estimate of drug-likeness (QED) is 0.756. The summed E-state index contributed by atoms with van der Waals surface area (Å²) in [6.45, 7) is 1.73. The Morgan fingerprint density at radius 1 is 1.19 bits per heavy atom. The highest BCUT2D eigenvalue weighted by Gasteiger charge is 2.14. The number of ether oxygens (including phenoxy) is 2. The van der Waals surface area contributed by atoms with Crippen molar-refractivity contribution in [1.29, 1.82) is 0 Å². The fourth-order valence-corrected chi connectivity index (χ4v) is 2.71. The number of aryl methyl sites for hydroxylation is 2. The zero-order valence-corrected chi connectivity index (χ0v) is 15.2. The molecule has 2 N–H and O–H groups in total. The Kier molecular flexibility index (Phi) is 6.24. The van der Waals surface area contributed by atoms with Gasteiger partial charge in [-0.2, -0.15) is 0 Å². The molecule has 2 heterocycles. The maximum atomic E-state index is 12.5. The standard InChI is InChI=1S/C18H23N5O4/c1-26-14-4-5-16-15(11-14)18(25)20-8-7-19-17(24)6-3-13-12-23(22-21-13)9-2-10-27-16/h4-5,11-12H,2-3,6-10H2,1H3,(H,19,24)(H,20,25). The Morgan fingerprint density at radius 2 is 2.04 bits per heavy atom. The van der Waals surface area contributed by atoms with Crippen molar-refractivity contribution in [2.75, 3.05) is 26.8 Å². The average molecular weight is 373 g/mol. The largest absolute Gasteiger partial charge is 0.497 e. The van der Waals surface area contributed by atoms with Crippen LogP contribution < -0.4 is 20.1 Å². The third-order valence-corrected chi connectivity index (χ3v) is 4.15. The van der Waals surface area contributed by atoms with E-state index in [9.17, 15) is 9.59 Å². The van der Waals surface area contributed by atoms with Crippen LogP contribution in [0.25, 0.3) is 0 Å². The van der Waals surface area contributed by atoms with Gasteiger partial charge in [-0.25, -0.2) is 0 Å². The Bertz CT molecular complexity index is 805. The number of benzene rings is 1. The SMILES string of the molecule is COc1ccc2c(c1)C(=O)NCCNC(=O)CCc1cn(nn1)CCCO2. The van der Waals surface area contributed by atoms with Crippen LogP contribution >= 0.6 is 0 Å². The minimum absolute atomic E-state index is 0.0893. The van der Waals surface area contributed by atoms with E-state index in [1.807, 2.05) is 6.20 Å². The lowest BCUT2D eigenvalue weighted by molar-refractivity contribution is -0.121. The second-order valence-electron chi connectivity index (χ2n) is 6.14. The lowest BCUT2D eigenvalue weighted by Gasteiger charge is -2.13. The molecule has 0 saturated carbocycles. The van der Waals surface area contributed by atoms with Crippen LogP contribution in [-0.2, 0) is 17.8 Å². The molecule has 1 aliphatic heterocycles. The second-order valence-corrected chi connectivity index (χ2v) is 6.14. The van der Waals surface area contributed by atoms with Gasteiger partial charge in [0.1, 0.15) is 11.5 Å². The lowest BCUT2D eigenvalue weighted by Crippen LogP contribution is -2.35. The third-order valence-electron chi connectivity index (χ3n) is 4.15. The first-order chi connectivity index (χ1) is 13.2. The number of hydrogen-bond donors (Lipinski definition) is 2. The maximum absolute atomic E-state index is 12.5. The van der Waals surface area contributed by atoms with Gasteiger partial charge in [0, 0.05) is 45.1 Å². The number of rotatable bonds is 1. The number of amides is 2. The molecule has 0 spiro atoms. The summed E-state index contributed by atoms with van der Waals surface area (Å²) < 4.78 is 12.7. The minimum Gasteiger partial charge on any atom is -0.497 e. The molecule has 2 bridgehead atoms. The molecule has 144 valence electrons. The summed E-state index contributed by atoms with van der Waals surface area (Å²) in [5.41, 5.74) is 1.18. The molecular weight excluding hydrogens is 350 g/mol. The zero-order valence-electron chi connectivity index (χ0n) is 15.2. The Hall–Kier alpha value is -3.10. The molecule has 1 aromatic heterocycles. The summed E-state index contributed by atoms with van der Waals surface area (Å²) >= 11 is 0. The molecule has 1 aromatic carbocycles. The first-order valence-electron chi connectivity index (χ1n) is 8.90. The van der Waals surface area contributed by atoms with Crippen molar-refractivity contribution < 1.29 is 19.1 Å². The van der Waals surface area contributed by atoms with E-state index in [0.717, 1.165) is 5.69 Å². The van der Waals surface area contributed by atoms with E-state index in [4.69, 9.17) is 9.47 Å². The van der Waals surface area contributed by atoms with Gasteiger partial charge >= 0.3 is 0 Å². The van der Waals surface area contributed by atoms with Crippen LogP contribution in [0.4, 0.5) is 0 Å². The molecule has 0 atom stereocenters. The summed E-state index contributed by atoms with van der Waals surface area (Å²) in [4.78, 5) is 24.4. The van der Waals surface area contributed by atoms with E-state index in [2.05, 4.69) is 20.9 Å². The first-order valence-corrected chi connectivity index (χ1v) is 8.90. The molecular formula is C18H23N5O4. The van der Waals surface area contributed by atoms with Crippen LogP contribution in [0, 0.1) is 0 Å². The van der Waals surface area contributed by atoms with Crippen LogP contribution in [0.15, 0.2) is 24.4 Å². The number of carbonyl (C=O) groups is 2. The molecule has 3 rings (SSSR count). The number of nitrogens with one attached hydrogen (secondary N) is 2. The normalized spacial score (nSPS) is 16.3. The monoisotopic (exact) mass is 373 g/mol. The highest BCUT2D eigenvalue weighted by atomic mass is 16.5. The summed E-state index contributed by atoms with van der Waals surface area (Å²) in [5.74, 6) is 0.694. The van der Waals surface area contributed by atoms with Crippen molar-refractivity contribution in [3.63, 3.8) is 0 Å². The van der Waals surface area contributed by atoms with Crippen molar-refractivity contribution in [3.8, 4) is 11.5 Å². The summed E-state index contributed by atoms with van der Waals surface area (Å²) in [6, 6.07) is 5.11. The molecule has 9 nitrogen and oxygen atoms in total. The van der Waals surface area contributed by atoms with Gasteiger partial charge in [0.15, 0.2) is 0 Å². The van der Waals surface area contributed by atoms with Gasteiger partial charge in [0.05, 0.1) is 25.0 Å². The maximum Gasteiger partial charge on any atom is 0.255 e. The fraction of sp³-hybridized carbons (Fsp3) is 0.444. The highest BCUT2D eigenvalue weighted by Crippen LogP contribution is 2.24. The van der Waals surface area contributed by atoms with Crippen LogP contribution in [0.3, 0.4) is 0 Å². The number of methoxy groups -OCH3 is 1. The van der Waals surface area contributed by atoms with Gasteiger partial charge in [-0.05, 0) is 18.2 Å². The number of nitrogens with zero attached hydrogens (tertiary/aromatic N) is 3. The molecule has 9 heteroatoms. The molecule has 0 saturated heterocycles. The van der Waals surface area contributed by atoms with E-state index in [-0.39, 0.29) is 11.8 Å². The number of fused-ring (bicyclic) bond motifs is 3. The highest BCUT2D eigenvalue weighted by molar-refractivity contribution is 5.97. The molecule has 27 heavy (non-hydrogen) atoms. The van der Waals surface area contributed by atoms with Gasteiger partial charge in [-0.1, -0.05) is 5.21 Å². The van der Waals surface area contributed by atoms with E-state index >= 15 is 0 Å². The van der Waals surface area contributed by atoms with Gasteiger partial charge < -0.3 is 20.1 Å². The number of hydrogen-bond acceptors (Lipinski definition) is 6. The van der Waals surface area contributed by atoms with Gasteiger partial charge in [0.25, 0.3) is 5.91 Å². The third kappa shape index (κ3) is 5.19. The van der Waals surface area contributed by atoms with Crippen LogP contribution in [0.5, 0.6) is 11.5 Å². The molecule has 0 aliphatic carbocycles. The molecule has 2 aromatic rings. The Labute approximate surface area is 157 Å². The van der Waals surface area contributed by atoms with E-state index < -0.39 is 0 Å². The average Bonchev–Trinajstić information content (AvgIpc) is 3.14. The summed E-state index contributed by atoms with van der Waals surface area (Å²) in [7, 11) is 1.54. The van der Waals surface area contributed by atoms with Gasteiger partial charge in [0.2, 0.25) is 5.91 Å². The second kappa shape index (κ2) is 9.02. The topological polar surface area (TPSA) is 107 Å². The Balaban J connectivity index is 1.74. The molecule has 0 unspecified atom stereocenters. The van der Waals surface area contributed by atoms with Gasteiger partial charge in [-0.3, -0.25) is 14.3 Å². The smallest absolute Gasteiger partial charge is 0.255 e. The van der Waals surface area contributed by atoms with Crippen LogP contribution in [0.1, 0.15) is 28.9 Å². The minimum atomic E-state index is -0.275. The van der Waals surface area contributed by atoms with Crippen molar-refractivity contribution in [2.45, 2.75) is 25.8 Å². The predicted octanol–water partition coefficient (Wildman–Crippen LogP) is 0.548. The molecule has 1 aliphatic rings. The van der Waals surface area contributed by atoms with Crippen LogP contribution in [0.2, 0.25) is 0 Å².